The molecular weight excluding hydrogens is 536 g/mol. The molecule has 2 aliphatic rings. The maximum atomic E-state index is 14.3. The highest BCUT2D eigenvalue weighted by molar-refractivity contribution is 7.89. The van der Waals surface area contributed by atoms with Crippen LogP contribution in [0.15, 0.2) is 30.6 Å². The summed E-state index contributed by atoms with van der Waals surface area (Å²) in [4.78, 5) is 23.9. The largest absolute Gasteiger partial charge is 0.486 e. The van der Waals surface area contributed by atoms with Crippen molar-refractivity contribution >= 4 is 21.9 Å². The van der Waals surface area contributed by atoms with E-state index >= 15 is 0 Å². The van der Waals surface area contributed by atoms with Crippen molar-refractivity contribution in [3.8, 4) is 5.75 Å². The van der Waals surface area contributed by atoms with E-state index in [1.54, 1.807) is 11.8 Å². The van der Waals surface area contributed by atoms with Crippen LogP contribution in [0.2, 0.25) is 0 Å². The van der Waals surface area contributed by atoms with E-state index in [0.717, 1.165) is 12.3 Å². The molecule has 0 unspecified atom stereocenters. The summed E-state index contributed by atoms with van der Waals surface area (Å²) in [6.07, 6.45) is -1.92. The van der Waals surface area contributed by atoms with Crippen molar-refractivity contribution in [2.24, 2.45) is 0 Å². The fraction of sp³-hybridized carbons (Fsp3) is 0.522. The highest BCUT2D eigenvalue weighted by atomic mass is 32.2. The van der Waals surface area contributed by atoms with Gasteiger partial charge < -0.3 is 24.0 Å². The average Bonchev–Trinajstić information content (AvgIpc) is 2.79. The minimum absolute atomic E-state index is 0.101. The van der Waals surface area contributed by atoms with E-state index in [1.807, 2.05) is 0 Å². The third kappa shape index (κ3) is 6.26. The first kappa shape index (κ1) is 27.8. The second-order valence-corrected chi connectivity index (χ2v) is 11.5. The second kappa shape index (κ2) is 10.5. The van der Waals surface area contributed by atoms with Gasteiger partial charge in [0, 0.05) is 37.5 Å². The fourth-order valence-electron chi connectivity index (χ4n) is 4.01. The van der Waals surface area contributed by atoms with Gasteiger partial charge in [-0.1, -0.05) is 12.1 Å². The topological polar surface area (TPSA) is 111 Å². The molecule has 1 aromatic heterocycles. The Kier molecular flexibility index (Phi) is 7.70. The second-order valence-electron chi connectivity index (χ2n) is 9.34. The lowest BCUT2D eigenvalue weighted by Gasteiger charge is -2.44. The Morgan fingerprint density at radius 2 is 1.89 bits per heavy atom. The van der Waals surface area contributed by atoms with Crippen molar-refractivity contribution in [3.63, 3.8) is 0 Å². The van der Waals surface area contributed by atoms with Crippen LogP contribution in [0.1, 0.15) is 18.1 Å². The van der Waals surface area contributed by atoms with E-state index in [1.165, 1.54) is 29.4 Å². The van der Waals surface area contributed by atoms with Gasteiger partial charge >= 0.3 is 12.3 Å². The number of rotatable bonds is 7. The fourth-order valence-corrected chi connectivity index (χ4v) is 4.80. The lowest BCUT2D eigenvalue weighted by molar-refractivity contribution is -0.333. The molecule has 15 heteroatoms. The van der Waals surface area contributed by atoms with Crippen molar-refractivity contribution in [1.29, 1.82) is 0 Å². The number of alkyl halides is 3. The van der Waals surface area contributed by atoms with Crippen LogP contribution in [0.4, 0.5) is 28.3 Å². The standard InChI is InChI=1S/C23H26F4N4O6S/c1-15-10-30(21(32)37-22(13-35-14-22)23(25,26)27)5-6-31(15)20-28-8-18(9-29-20)36-11-17-4-3-16(7-19(17)24)12-38(2,33)34/h3-4,7-9,15H,5-6,10-14H2,1-2H3/t15-/m1/s1. The normalized spacial score (nSPS) is 19.6. The number of piperazine rings is 1. The quantitative estimate of drug-likeness (QED) is 0.471. The highest BCUT2D eigenvalue weighted by Gasteiger charge is 2.64. The molecule has 4 rings (SSSR count). The molecule has 2 saturated heterocycles. The number of sulfone groups is 1. The van der Waals surface area contributed by atoms with E-state index in [0.29, 0.717) is 11.5 Å². The number of amides is 1. The Morgan fingerprint density at radius 3 is 2.42 bits per heavy atom. The van der Waals surface area contributed by atoms with E-state index in [4.69, 9.17) is 9.47 Å². The number of carbonyl (C=O) groups excluding carboxylic acids is 1. The minimum atomic E-state index is -4.72. The van der Waals surface area contributed by atoms with Crippen LogP contribution in [0.25, 0.3) is 0 Å². The van der Waals surface area contributed by atoms with E-state index in [2.05, 4.69) is 14.7 Å². The van der Waals surface area contributed by atoms with E-state index in [9.17, 15) is 30.8 Å². The summed E-state index contributed by atoms with van der Waals surface area (Å²) in [7, 11) is -3.29. The summed E-state index contributed by atoms with van der Waals surface area (Å²) in [6, 6.07) is 3.80. The number of anilines is 1. The Bertz CT molecular complexity index is 1270. The lowest BCUT2D eigenvalue weighted by atomic mass is 10.0. The number of hydrogen-bond acceptors (Lipinski definition) is 9. The molecule has 3 heterocycles. The molecule has 0 aliphatic carbocycles. The monoisotopic (exact) mass is 562 g/mol. The van der Waals surface area contributed by atoms with Crippen LogP contribution in [0, 0.1) is 5.82 Å². The van der Waals surface area contributed by atoms with Gasteiger partial charge in [0.1, 0.15) is 12.4 Å². The third-order valence-corrected chi connectivity index (χ3v) is 7.03. The highest BCUT2D eigenvalue weighted by Crippen LogP contribution is 2.40. The molecule has 0 radical (unpaired) electrons. The number of ether oxygens (including phenoxy) is 3. The number of hydrogen-bond donors (Lipinski definition) is 0. The zero-order chi connectivity index (χ0) is 27.7. The summed E-state index contributed by atoms with van der Waals surface area (Å²) in [5, 5.41) is 0. The first-order chi connectivity index (χ1) is 17.8. The maximum Gasteiger partial charge on any atom is 0.433 e. The number of nitrogens with zero attached hydrogens (tertiary/aromatic N) is 4. The molecule has 38 heavy (non-hydrogen) atoms. The summed E-state index contributed by atoms with van der Waals surface area (Å²) in [6.45, 7) is 0.669. The van der Waals surface area contributed by atoms with Gasteiger partial charge in [-0.2, -0.15) is 13.2 Å². The van der Waals surface area contributed by atoms with Crippen LogP contribution < -0.4 is 9.64 Å². The van der Waals surface area contributed by atoms with Crippen molar-refractivity contribution < 1.29 is 45.0 Å². The zero-order valence-electron chi connectivity index (χ0n) is 20.6. The first-order valence-corrected chi connectivity index (χ1v) is 13.6. The van der Waals surface area contributed by atoms with Gasteiger partial charge in [0.2, 0.25) is 5.95 Å². The van der Waals surface area contributed by atoms with Crippen molar-refractivity contribution in [2.75, 3.05) is 44.0 Å². The molecule has 208 valence electrons. The Hall–Kier alpha value is -3.20. The van der Waals surface area contributed by atoms with Gasteiger partial charge in [-0.15, -0.1) is 0 Å². The average molecular weight is 563 g/mol. The van der Waals surface area contributed by atoms with Crippen LogP contribution in [-0.4, -0.2) is 86.3 Å². The number of aromatic nitrogens is 2. The molecule has 0 saturated carbocycles. The van der Waals surface area contributed by atoms with Crippen LogP contribution in [-0.2, 0) is 31.7 Å². The van der Waals surface area contributed by atoms with Gasteiger partial charge in [-0.05, 0) is 18.6 Å². The Balaban J connectivity index is 1.31. The molecule has 0 N–H and O–H groups in total. The maximum absolute atomic E-state index is 14.3. The van der Waals surface area contributed by atoms with Gasteiger partial charge in [0.15, 0.2) is 15.6 Å². The van der Waals surface area contributed by atoms with Gasteiger partial charge in [0.05, 0.1) is 31.4 Å². The number of carbonyl (C=O) groups is 1. The van der Waals surface area contributed by atoms with E-state index in [-0.39, 0.29) is 49.3 Å². The molecule has 0 bridgehead atoms. The Morgan fingerprint density at radius 1 is 1.21 bits per heavy atom. The summed E-state index contributed by atoms with van der Waals surface area (Å²) in [5.41, 5.74) is -2.05. The smallest absolute Gasteiger partial charge is 0.433 e. The number of halogens is 4. The van der Waals surface area contributed by atoms with E-state index < -0.39 is 46.7 Å². The number of benzene rings is 1. The molecule has 2 aliphatic heterocycles. The molecule has 1 atom stereocenters. The molecular formula is C23H26F4N4O6S. The van der Waals surface area contributed by atoms with Gasteiger partial charge in [0.25, 0.3) is 5.60 Å². The summed E-state index contributed by atoms with van der Waals surface area (Å²) < 4.78 is 91.9. The van der Waals surface area contributed by atoms with Crippen molar-refractivity contribution in [2.45, 2.75) is 37.1 Å². The van der Waals surface area contributed by atoms with Crippen LogP contribution in [0.5, 0.6) is 5.75 Å². The van der Waals surface area contributed by atoms with Crippen LogP contribution in [0.3, 0.4) is 0 Å². The molecule has 2 fully saturated rings. The van der Waals surface area contributed by atoms with Crippen molar-refractivity contribution in [3.05, 3.63) is 47.5 Å². The predicted octanol–water partition coefficient (Wildman–Crippen LogP) is 2.72. The SMILES string of the molecule is C[C@@H]1CN(C(=O)OC2(C(F)(F)F)COC2)CCN1c1ncc(OCc2ccc(CS(C)(=O)=O)cc2F)cn1. The molecule has 10 nitrogen and oxygen atoms in total. The van der Waals surface area contributed by atoms with Crippen molar-refractivity contribution in [1.82, 2.24) is 14.9 Å². The molecule has 2 aromatic rings. The van der Waals surface area contributed by atoms with Crippen LogP contribution >= 0.6 is 0 Å². The van der Waals surface area contributed by atoms with Gasteiger partial charge in [-0.25, -0.2) is 27.6 Å². The summed E-state index contributed by atoms with van der Waals surface area (Å²) >= 11 is 0. The molecule has 1 aromatic carbocycles. The molecule has 1 amide bonds. The molecule has 0 spiro atoms. The van der Waals surface area contributed by atoms with Gasteiger partial charge in [-0.3, -0.25) is 0 Å². The Labute approximate surface area is 216 Å². The lowest BCUT2D eigenvalue weighted by Crippen LogP contribution is -2.65. The minimum Gasteiger partial charge on any atom is -0.486 e. The predicted molar refractivity (Wildman–Crippen MR) is 126 cm³/mol. The third-order valence-electron chi connectivity index (χ3n) is 6.17. The summed E-state index contributed by atoms with van der Waals surface area (Å²) in [5.74, 6) is -0.269. The first-order valence-electron chi connectivity index (χ1n) is 11.6. The zero-order valence-corrected chi connectivity index (χ0v) is 21.4.